The van der Waals surface area contributed by atoms with Crippen molar-refractivity contribution in [3.8, 4) is 0 Å². The lowest BCUT2D eigenvalue weighted by Crippen LogP contribution is -2.50. The quantitative estimate of drug-likeness (QED) is 0.544. The van der Waals surface area contributed by atoms with Crippen molar-refractivity contribution in [1.29, 1.82) is 0 Å². The number of nitrogens with zero attached hydrogens (tertiary/aromatic N) is 5. The van der Waals surface area contributed by atoms with Crippen molar-refractivity contribution in [2.45, 2.75) is 38.4 Å². The van der Waals surface area contributed by atoms with Gasteiger partial charge in [-0.2, -0.15) is 13.2 Å². The molecule has 3 heterocycles. The van der Waals surface area contributed by atoms with Crippen LogP contribution >= 0.6 is 0 Å². The summed E-state index contributed by atoms with van der Waals surface area (Å²) < 4.78 is 42.6. The average molecular weight is 502 g/mol. The van der Waals surface area contributed by atoms with Crippen molar-refractivity contribution < 1.29 is 18.0 Å². The van der Waals surface area contributed by atoms with Crippen molar-refractivity contribution in [1.82, 2.24) is 19.0 Å². The van der Waals surface area contributed by atoms with Gasteiger partial charge in [0, 0.05) is 63.8 Å². The maximum absolute atomic E-state index is 13.3. The standard InChI is InChI=1S/C26H30F3N5O2/c1-31-22-7-6-20(26(27,28)29)16-23(22)34(25(31)36)17-18-2-4-19(5-3-18)24(35)33-14-12-32(13-15-33)21-8-10-30-11-9-21/h6-11,16,18-19H,2-5,12-15,17H2,1H3. The summed E-state index contributed by atoms with van der Waals surface area (Å²) in [6, 6.07) is 7.39. The van der Waals surface area contributed by atoms with Crippen molar-refractivity contribution in [2.75, 3.05) is 31.1 Å². The Morgan fingerprint density at radius 3 is 2.28 bits per heavy atom. The fourth-order valence-electron chi connectivity index (χ4n) is 5.61. The lowest BCUT2D eigenvalue weighted by atomic mass is 9.81. The van der Waals surface area contributed by atoms with E-state index in [9.17, 15) is 22.8 Å². The molecule has 36 heavy (non-hydrogen) atoms. The molecule has 0 radical (unpaired) electrons. The number of hydrogen-bond acceptors (Lipinski definition) is 4. The smallest absolute Gasteiger partial charge is 0.368 e. The average Bonchev–Trinajstić information content (AvgIpc) is 3.13. The number of imidazole rings is 1. The van der Waals surface area contributed by atoms with E-state index in [1.54, 1.807) is 19.4 Å². The Bertz CT molecular complexity index is 1280. The fraction of sp³-hybridized carbons (Fsp3) is 0.500. The number of fused-ring (bicyclic) bond motifs is 1. The minimum absolute atomic E-state index is 0.0326. The molecule has 5 rings (SSSR count). The van der Waals surface area contributed by atoms with Gasteiger partial charge < -0.3 is 9.80 Å². The molecule has 3 aromatic rings. The molecule has 0 unspecified atom stereocenters. The number of benzene rings is 1. The van der Waals surface area contributed by atoms with Crippen LogP contribution in [-0.4, -0.2) is 51.1 Å². The minimum atomic E-state index is -4.47. The second-order valence-electron chi connectivity index (χ2n) is 9.89. The largest absolute Gasteiger partial charge is 0.416 e. The number of pyridine rings is 1. The lowest BCUT2D eigenvalue weighted by Gasteiger charge is -2.38. The molecular weight excluding hydrogens is 471 g/mol. The first-order valence-corrected chi connectivity index (χ1v) is 12.4. The van der Waals surface area contributed by atoms with E-state index in [2.05, 4.69) is 9.88 Å². The Hall–Kier alpha value is -3.30. The lowest BCUT2D eigenvalue weighted by molar-refractivity contribution is -0.138. The number of amides is 1. The highest BCUT2D eigenvalue weighted by atomic mass is 19.4. The van der Waals surface area contributed by atoms with Crippen molar-refractivity contribution in [2.24, 2.45) is 18.9 Å². The van der Waals surface area contributed by atoms with E-state index < -0.39 is 11.7 Å². The molecule has 0 N–H and O–H groups in total. The summed E-state index contributed by atoms with van der Waals surface area (Å²) >= 11 is 0. The third kappa shape index (κ3) is 4.73. The number of hydrogen-bond donors (Lipinski definition) is 0. The fourth-order valence-corrected chi connectivity index (χ4v) is 5.61. The Kier molecular flexibility index (Phi) is 6.53. The molecule has 1 amide bonds. The molecule has 0 atom stereocenters. The van der Waals surface area contributed by atoms with Crippen LogP contribution in [0.1, 0.15) is 31.2 Å². The second-order valence-corrected chi connectivity index (χ2v) is 9.89. The molecule has 2 aromatic heterocycles. The number of piperazine rings is 1. The Morgan fingerprint density at radius 1 is 0.972 bits per heavy atom. The van der Waals surface area contributed by atoms with Crippen LogP contribution in [0.25, 0.3) is 11.0 Å². The number of halogens is 3. The first-order valence-electron chi connectivity index (χ1n) is 12.4. The van der Waals surface area contributed by atoms with Gasteiger partial charge in [0.05, 0.1) is 16.6 Å². The van der Waals surface area contributed by atoms with Gasteiger partial charge in [-0.3, -0.25) is 18.9 Å². The number of carbonyl (C=O) groups excluding carboxylic acids is 1. The maximum atomic E-state index is 13.3. The molecule has 192 valence electrons. The number of carbonyl (C=O) groups is 1. The van der Waals surface area contributed by atoms with Crippen LogP contribution < -0.4 is 10.6 Å². The molecule has 1 aliphatic carbocycles. The highest BCUT2D eigenvalue weighted by molar-refractivity contribution is 5.79. The Labute approximate surface area is 207 Å². The second kappa shape index (κ2) is 9.63. The summed E-state index contributed by atoms with van der Waals surface area (Å²) in [4.78, 5) is 34.2. The van der Waals surface area contributed by atoms with Crippen LogP contribution in [0.15, 0.2) is 47.5 Å². The molecule has 1 aliphatic heterocycles. The van der Waals surface area contributed by atoms with Gasteiger partial charge in [0.25, 0.3) is 0 Å². The molecule has 10 heteroatoms. The molecule has 1 saturated carbocycles. The zero-order valence-electron chi connectivity index (χ0n) is 20.2. The zero-order chi connectivity index (χ0) is 25.4. The van der Waals surface area contributed by atoms with Gasteiger partial charge in [-0.15, -0.1) is 0 Å². The van der Waals surface area contributed by atoms with Gasteiger partial charge in [0.2, 0.25) is 5.91 Å². The molecule has 0 spiro atoms. The first kappa shape index (κ1) is 24.4. The number of alkyl halides is 3. The van der Waals surface area contributed by atoms with Crippen LogP contribution in [-0.2, 0) is 24.6 Å². The predicted molar refractivity (Wildman–Crippen MR) is 131 cm³/mol. The minimum Gasteiger partial charge on any atom is -0.368 e. The van der Waals surface area contributed by atoms with Crippen molar-refractivity contribution >= 4 is 22.6 Å². The topological polar surface area (TPSA) is 63.4 Å². The van der Waals surface area contributed by atoms with E-state index in [4.69, 9.17) is 0 Å². The molecule has 1 saturated heterocycles. The van der Waals surface area contributed by atoms with Gasteiger partial charge in [-0.25, -0.2) is 4.79 Å². The maximum Gasteiger partial charge on any atom is 0.416 e. The van der Waals surface area contributed by atoms with Gasteiger partial charge in [-0.05, 0) is 61.9 Å². The highest BCUT2D eigenvalue weighted by Crippen LogP contribution is 2.34. The molecule has 0 bridgehead atoms. The van der Waals surface area contributed by atoms with Gasteiger partial charge in [0.15, 0.2) is 0 Å². The summed E-state index contributed by atoms with van der Waals surface area (Å²) in [5, 5.41) is 0. The molecule has 2 aliphatic rings. The third-order valence-corrected chi connectivity index (χ3v) is 7.73. The van der Waals surface area contributed by atoms with E-state index >= 15 is 0 Å². The summed E-state index contributed by atoms with van der Waals surface area (Å²) in [7, 11) is 1.58. The van der Waals surface area contributed by atoms with E-state index in [0.29, 0.717) is 30.7 Å². The number of aryl methyl sites for hydroxylation is 1. The predicted octanol–water partition coefficient (Wildman–Crippen LogP) is 3.91. The van der Waals surface area contributed by atoms with Crippen LogP contribution in [0, 0.1) is 11.8 Å². The Morgan fingerprint density at radius 2 is 1.64 bits per heavy atom. The van der Waals surface area contributed by atoms with E-state index in [1.165, 1.54) is 15.2 Å². The SMILES string of the molecule is Cn1c(=O)n(CC2CCC(C(=O)N3CCN(c4ccncc4)CC3)CC2)c2cc(C(F)(F)F)ccc21. The normalized spacial score (nSPS) is 21.2. The summed E-state index contributed by atoms with van der Waals surface area (Å²) in [6.45, 7) is 3.31. The number of anilines is 1. The molecule has 2 fully saturated rings. The van der Waals surface area contributed by atoms with E-state index in [1.807, 2.05) is 17.0 Å². The third-order valence-electron chi connectivity index (χ3n) is 7.73. The Balaban J connectivity index is 1.20. The van der Waals surface area contributed by atoms with E-state index in [-0.39, 0.29) is 23.4 Å². The molecular formula is C26H30F3N5O2. The van der Waals surface area contributed by atoms with Crippen LogP contribution in [0.3, 0.4) is 0 Å². The van der Waals surface area contributed by atoms with Crippen LogP contribution in [0.4, 0.5) is 18.9 Å². The number of aromatic nitrogens is 3. The van der Waals surface area contributed by atoms with E-state index in [0.717, 1.165) is 56.6 Å². The molecule has 7 nitrogen and oxygen atoms in total. The first-order chi connectivity index (χ1) is 17.2. The zero-order valence-corrected chi connectivity index (χ0v) is 20.2. The van der Waals surface area contributed by atoms with Gasteiger partial charge in [0.1, 0.15) is 0 Å². The highest BCUT2D eigenvalue weighted by Gasteiger charge is 2.33. The van der Waals surface area contributed by atoms with Gasteiger partial charge >= 0.3 is 11.9 Å². The van der Waals surface area contributed by atoms with Crippen molar-refractivity contribution in [3.05, 3.63) is 58.8 Å². The summed E-state index contributed by atoms with van der Waals surface area (Å²) in [5.74, 6) is 0.310. The monoisotopic (exact) mass is 501 g/mol. The summed E-state index contributed by atoms with van der Waals surface area (Å²) in [5.41, 5.74) is 0.844. The number of rotatable bonds is 4. The van der Waals surface area contributed by atoms with Gasteiger partial charge in [-0.1, -0.05) is 0 Å². The van der Waals surface area contributed by atoms with Crippen molar-refractivity contribution in [3.63, 3.8) is 0 Å². The van der Waals surface area contributed by atoms with Crippen LogP contribution in [0.2, 0.25) is 0 Å². The summed E-state index contributed by atoms with van der Waals surface area (Å²) in [6.07, 6.45) is 2.10. The molecule has 1 aromatic carbocycles. The van der Waals surface area contributed by atoms with Crippen LogP contribution in [0.5, 0.6) is 0 Å².